The van der Waals surface area contributed by atoms with Crippen molar-refractivity contribution < 1.29 is 24.8 Å². The molecule has 5 nitrogen and oxygen atoms in total. The summed E-state index contributed by atoms with van der Waals surface area (Å²) in [6.07, 6.45) is -0.407. The van der Waals surface area contributed by atoms with Crippen LogP contribution in [0.2, 0.25) is 0 Å². The number of rotatable bonds is 7. The first kappa shape index (κ1) is 16.9. The summed E-state index contributed by atoms with van der Waals surface area (Å²) < 4.78 is 9.85. The molecule has 0 heterocycles. The van der Waals surface area contributed by atoms with Crippen molar-refractivity contribution >= 4 is 0 Å². The smallest absolute Gasteiger partial charge is 0.119 e. The Labute approximate surface area is 108 Å². The minimum absolute atomic E-state index is 0.0278. The summed E-state index contributed by atoms with van der Waals surface area (Å²) in [6.45, 7) is 2.74. The molecular formula is C13H22O5. The molecule has 0 radical (unpaired) electrons. The lowest BCUT2D eigenvalue weighted by Crippen LogP contribution is -2.12. The molecule has 0 saturated heterocycles. The van der Waals surface area contributed by atoms with E-state index in [0.29, 0.717) is 19.8 Å². The van der Waals surface area contributed by atoms with E-state index in [1.165, 1.54) is 0 Å². The Bertz CT molecular complexity index is 259. The lowest BCUT2D eigenvalue weighted by atomic mass is 10.3. The molecule has 0 aromatic heterocycles. The van der Waals surface area contributed by atoms with Gasteiger partial charge in [0.25, 0.3) is 0 Å². The maximum Gasteiger partial charge on any atom is 0.119 e. The van der Waals surface area contributed by atoms with E-state index in [1.807, 2.05) is 30.3 Å². The van der Waals surface area contributed by atoms with Crippen LogP contribution in [0.5, 0.6) is 5.75 Å². The van der Waals surface area contributed by atoms with E-state index in [-0.39, 0.29) is 13.2 Å². The van der Waals surface area contributed by atoms with Crippen LogP contribution in [0.15, 0.2) is 30.3 Å². The van der Waals surface area contributed by atoms with Gasteiger partial charge in [-0.3, -0.25) is 0 Å². The number of aliphatic hydroxyl groups excluding tert-OH is 3. The predicted octanol–water partition coefficient (Wildman–Crippen LogP) is 0.434. The van der Waals surface area contributed by atoms with E-state index in [2.05, 4.69) is 4.74 Å². The standard InChI is InChI=1S/C9H12O2.C4H10O3/c1-8(10)7-11-9-5-3-2-4-6-9;5-1-3-7-4-2-6/h2-6,8,10H,7H2,1H3;5-6H,1-4H2. The van der Waals surface area contributed by atoms with Crippen LogP contribution in [-0.2, 0) is 4.74 Å². The summed E-state index contributed by atoms with van der Waals surface area (Å²) in [5, 5.41) is 25.1. The third kappa shape index (κ3) is 11.3. The van der Waals surface area contributed by atoms with Gasteiger partial charge in [0.15, 0.2) is 0 Å². The number of benzene rings is 1. The molecular weight excluding hydrogens is 236 g/mol. The Morgan fingerprint density at radius 2 is 1.61 bits per heavy atom. The van der Waals surface area contributed by atoms with Crippen molar-refractivity contribution in [3.05, 3.63) is 30.3 Å². The summed E-state index contributed by atoms with van der Waals surface area (Å²) in [5.74, 6) is 0.799. The van der Waals surface area contributed by atoms with Gasteiger partial charge in [-0.05, 0) is 19.1 Å². The second-order valence-electron chi connectivity index (χ2n) is 3.53. The van der Waals surface area contributed by atoms with Crippen LogP contribution in [0, 0.1) is 0 Å². The fraction of sp³-hybridized carbons (Fsp3) is 0.538. The van der Waals surface area contributed by atoms with Gasteiger partial charge in [0.1, 0.15) is 12.4 Å². The first-order valence-corrected chi connectivity index (χ1v) is 5.86. The highest BCUT2D eigenvalue weighted by Gasteiger charge is 1.95. The quantitative estimate of drug-likeness (QED) is 0.618. The Morgan fingerprint density at radius 3 is 2.06 bits per heavy atom. The summed E-state index contributed by atoms with van der Waals surface area (Å²) >= 11 is 0. The van der Waals surface area contributed by atoms with Crippen molar-refractivity contribution in [2.24, 2.45) is 0 Å². The molecule has 1 atom stereocenters. The van der Waals surface area contributed by atoms with Crippen LogP contribution < -0.4 is 4.74 Å². The summed E-state index contributed by atoms with van der Waals surface area (Å²) in [4.78, 5) is 0. The maximum absolute atomic E-state index is 8.89. The molecule has 0 aliphatic rings. The lowest BCUT2D eigenvalue weighted by Gasteiger charge is -2.06. The van der Waals surface area contributed by atoms with E-state index in [4.69, 9.17) is 20.1 Å². The number of ether oxygens (including phenoxy) is 2. The number of para-hydroxylation sites is 1. The number of hydrogen-bond acceptors (Lipinski definition) is 5. The molecule has 5 heteroatoms. The molecule has 1 unspecified atom stereocenters. The molecule has 3 N–H and O–H groups in total. The zero-order chi connectivity index (χ0) is 13.6. The maximum atomic E-state index is 8.89. The molecule has 1 aromatic rings. The van der Waals surface area contributed by atoms with Crippen LogP contribution in [0.3, 0.4) is 0 Å². The van der Waals surface area contributed by atoms with Crippen LogP contribution >= 0.6 is 0 Å². The van der Waals surface area contributed by atoms with Crippen molar-refractivity contribution in [2.45, 2.75) is 13.0 Å². The lowest BCUT2D eigenvalue weighted by molar-refractivity contribution is 0.0650. The van der Waals surface area contributed by atoms with Gasteiger partial charge in [-0.15, -0.1) is 0 Å². The molecule has 0 aliphatic carbocycles. The van der Waals surface area contributed by atoms with Gasteiger partial charge in [0.2, 0.25) is 0 Å². The minimum atomic E-state index is -0.407. The van der Waals surface area contributed by atoms with Gasteiger partial charge in [0.05, 0.1) is 32.5 Å². The second kappa shape index (κ2) is 12.3. The van der Waals surface area contributed by atoms with Gasteiger partial charge in [-0.1, -0.05) is 18.2 Å². The Kier molecular flexibility index (Phi) is 11.5. The van der Waals surface area contributed by atoms with Crippen molar-refractivity contribution in [3.63, 3.8) is 0 Å². The van der Waals surface area contributed by atoms with Crippen LogP contribution in [0.4, 0.5) is 0 Å². The molecule has 0 aliphatic heterocycles. The summed E-state index contributed by atoms with van der Waals surface area (Å²) in [7, 11) is 0. The van der Waals surface area contributed by atoms with E-state index in [1.54, 1.807) is 6.92 Å². The molecule has 0 saturated carbocycles. The highest BCUT2D eigenvalue weighted by molar-refractivity contribution is 5.20. The predicted molar refractivity (Wildman–Crippen MR) is 68.6 cm³/mol. The SMILES string of the molecule is CC(O)COc1ccccc1.OCCOCCO. The van der Waals surface area contributed by atoms with Gasteiger partial charge in [-0.25, -0.2) is 0 Å². The summed E-state index contributed by atoms with van der Waals surface area (Å²) in [5.41, 5.74) is 0. The molecule has 1 aromatic carbocycles. The second-order valence-corrected chi connectivity index (χ2v) is 3.53. The third-order valence-electron chi connectivity index (χ3n) is 1.71. The molecule has 104 valence electrons. The van der Waals surface area contributed by atoms with Crippen LogP contribution in [-0.4, -0.2) is 54.5 Å². The van der Waals surface area contributed by atoms with Gasteiger partial charge in [0, 0.05) is 0 Å². The zero-order valence-electron chi connectivity index (χ0n) is 10.7. The van der Waals surface area contributed by atoms with Crippen LogP contribution in [0.1, 0.15) is 6.92 Å². The highest BCUT2D eigenvalue weighted by Crippen LogP contribution is 2.07. The van der Waals surface area contributed by atoms with Crippen molar-refractivity contribution in [2.75, 3.05) is 33.0 Å². The molecule has 0 bridgehead atoms. The first-order chi connectivity index (χ1) is 8.70. The van der Waals surface area contributed by atoms with Crippen molar-refractivity contribution in [1.29, 1.82) is 0 Å². The van der Waals surface area contributed by atoms with Gasteiger partial charge < -0.3 is 24.8 Å². The summed E-state index contributed by atoms with van der Waals surface area (Å²) in [6, 6.07) is 9.45. The van der Waals surface area contributed by atoms with E-state index >= 15 is 0 Å². The van der Waals surface area contributed by atoms with E-state index in [0.717, 1.165) is 5.75 Å². The molecule has 0 fully saturated rings. The monoisotopic (exact) mass is 258 g/mol. The topological polar surface area (TPSA) is 79.2 Å². The fourth-order valence-corrected chi connectivity index (χ4v) is 0.965. The Balaban J connectivity index is 0.000000360. The Hall–Kier alpha value is -1.14. The number of hydrogen-bond donors (Lipinski definition) is 3. The van der Waals surface area contributed by atoms with Crippen molar-refractivity contribution in [1.82, 2.24) is 0 Å². The minimum Gasteiger partial charge on any atom is -0.491 e. The fourth-order valence-electron chi connectivity index (χ4n) is 0.965. The first-order valence-electron chi connectivity index (χ1n) is 5.86. The largest absolute Gasteiger partial charge is 0.491 e. The van der Waals surface area contributed by atoms with Crippen molar-refractivity contribution in [3.8, 4) is 5.75 Å². The zero-order valence-corrected chi connectivity index (χ0v) is 10.7. The van der Waals surface area contributed by atoms with Gasteiger partial charge >= 0.3 is 0 Å². The third-order valence-corrected chi connectivity index (χ3v) is 1.71. The molecule has 1 rings (SSSR count). The average Bonchev–Trinajstić information content (AvgIpc) is 2.39. The molecule has 0 amide bonds. The van der Waals surface area contributed by atoms with E-state index in [9.17, 15) is 0 Å². The normalized spacial score (nSPS) is 11.3. The highest BCUT2D eigenvalue weighted by atomic mass is 16.5. The van der Waals surface area contributed by atoms with Gasteiger partial charge in [-0.2, -0.15) is 0 Å². The molecule has 18 heavy (non-hydrogen) atoms. The van der Waals surface area contributed by atoms with Crippen LogP contribution in [0.25, 0.3) is 0 Å². The van der Waals surface area contributed by atoms with E-state index < -0.39 is 6.10 Å². The molecule has 0 spiro atoms. The average molecular weight is 258 g/mol. The Morgan fingerprint density at radius 1 is 1.06 bits per heavy atom. The number of aliphatic hydroxyl groups is 3.